The molecule has 2 aliphatic heterocycles. The van der Waals surface area contributed by atoms with Crippen molar-refractivity contribution in [2.75, 3.05) is 39.5 Å². The molecule has 5 atom stereocenters. The van der Waals surface area contributed by atoms with Gasteiger partial charge in [0.05, 0.1) is 26.1 Å². The lowest BCUT2D eigenvalue weighted by Crippen LogP contribution is -2.51. The lowest BCUT2D eigenvalue weighted by Gasteiger charge is -2.23. The summed E-state index contributed by atoms with van der Waals surface area (Å²) in [6, 6.07) is 10.9. The molecule has 14 heteroatoms. The Bertz CT molecular complexity index is 1660. The Balaban J connectivity index is 1.25. The van der Waals surface area contributed by atoms with Gasteiger partial charge in [-0.15, -0.1) is 0 Å². The zero-order valence-corrected chi connectivity index (χ0v) is 24.4. The van der Waals surface area contributed by atoms with Crippen molar-refractivity contribution < 1.29 is 34.0 Å². The van der Waals surface area contributed by atoms with Gasteiger partial charge in [-0.05, 0) is 41.5 Å². The van der Waals surface area contributed by atoms with Crippen LogP contribution in [0, 0.1) is 0 Å². The maximum atomic E-state index is 13.8. The van der Waals surface area contributed by atoms with Crippen LogP contribution in [0.3, 0.4) is 0 Å². The molecule has 4 heterocycles. The van der Waals surface area contributed by atoms with Crippen LogP contribution in [0.4, 0.5) is 5.82 Å². The van der Waals surface area contributed by atoms with Gasteiger partial charge in [0, 0.05) is 26.7 Å². The van der Waals surface area contributed by atoms with E-state index in [0.717, 1.165) is 11.1 Å². The van der Waals surface area contributed by atoms with Crippen LogP contribution in [-0.2, 0) is 16.0 Å². The van der Waals surface area contributed by atoms with E-state index in [2.05, 4.69) is 25.3 Å². The second-order valence-corrected chi connectivity index (χ2v) is 10.6. The molecule has 0 spiro atoms. The molecule has 0 bridgehead atoms. The summed E-state index contributed by atoms with van der Waals surface area (Å²) in [6.45, 7) is -0.289. The van der Waals surface area contributed by atoms with Crippen LogP contribution in [0.2, 0.25) is 0 Å². The van der Waals surface area contributed by atoms with Gasteiger partial charge in [-0.25, -0.2) is 15.0 Å². The number of aromatic nitrogens is 4. The molecule has 230 valence electrons. The van der Waals surface area contributed by atoms with Gasteiger partial charge < -0.3 is 39.4 Å². The average Bonchev–Trinajstić information content (AvgIpc) is 3.76. The van der Waals surface area contributed by atoms with E-state index >= 15 is 0 Å². The van der Waals surface area contributed by atoms with Crippen LogP contribution < -0.4 is 24.4 Å². The van der Waals surface area contributed by atoms with Crippen molar-refractivity contribution in [1.82, 2.24) is 24.8 Å². The Labute approximate surface area is 252 Å². The molecule has 6 rings (SSSR count). The van der Waals surface area contributed by atoms with E-state index in [1.54, 1.807) is 34.9 Å². The number of carbonyl (C=O) groups excluding carboxylic acids is 1. The summed E-state index contributed by atoms with van der Waals surface area (Å²) in [7, 11) is 5.26. The normalized spacial score (nSPS) is 21.6. The first-order valence-electron chi connectivity index (χ1n) is 14.0. The quantitative estimate of drug-likeness (QED) is 0.222. The second-order valence-electron chi connectivity index (χ2n) is 10.6. The fraction of sp³-hybridized carbons (Fsp3) is 0.367. The number of aliphatic hydroxyl groups is 2. The molecule has 1 amide bonds. The highest BCUT2D eigenvalue weighted by Crippen LogP contribution is 2.34. The molecule has 14 nitrogen and oxygen atoms in total. The number of hydrogen-bond acceptors (Lipinski definition) is 12. The van der Waals surface area contributed by atoms with Crippen LogP contribution in [0.5, 0.6) is 17.2 Å². The summed E-state index contributed by atoms with van der Waals surface area (Å²) in [4.78, 5) is 33.3. The molecule has 0 radical (unpaired) electrons. The monoisotopic (exact) mass is 603 g/mol. The third-order valence-electron chi connectivity index (χ3n) is 7.59. The summed E-state index contributed by atoms with van der Waals surface area (Å²) < 4.78 is 23.7. The van der Waals surface area contributed by atoms with E-state index in [0.29, 0.717) is 34.2 Å². The van der Waals surface area contributed by atoms with Crippen LogP contribution in [0.15, 0.2) is 60.1 Å². The van der Waals surface area contributed by atoms with Gasteiger partial charge in [0.1, 0.15) is 30.3 Å². The van der Waals surface area contributed by atoms with Crippen molar-refractivity contribution in [1.29, 1.82) is 0 Å². The summed E-state index contributed by atoms with van der Waals surface area (Å²) in [6.07, 6.45) is 1.68. The fourth-order valence-corrected chi connectivity index (χ4v) is 5.29. The Kier molecular flexibility index (Phi) is 8.28. The van der Waals surface area contributed by atoms with Crippen LogP contribution in [-0.4, -0.2) is 101 Å². The number of aliphatic imine (C=N–C) groups is 1. The summed E-state index contributed by atoms with van der Waals surface area (Å²) in [5.41, 5.74) is 2.56. The summed E-state index contributed by atoms with van der Waals surface area (Å²) >= 11 is 0. The molecule has 2 aliphatic rings. The van der Waals surface area contributed by atoms with E-state index in [-0.39, 0.29) is 13.2 Å². The third kappa shape index (κ3) is 5.74. The van der Waals surface area contributed by atoms with Gasteiger partial charge in [0.2, 0.25) is 12.7 Å². The Morgan fingerprint density at radius 2 is 1.98 bits per heavy atom. The molecule has 3 N–H and O–H groups in total. The van der Waals surface area contributed by atoms with E-state index in [1.807, 2.05) is 44.4 Å². The predicted octanol–water partition coefficient (Wildman–Crippen LogP) is 1.10. The summed E-state index contributed by atoms with van der Waals surface area (Å²) in [5, 5.41) is 24.4. The minimum Gasteiger partial charge on any atom is -0.497 e. The van der Waals surface area contributed by atoms with Gasteiger partial charge in [0.15, 0.2) is 34.7 Å². The number of benzene rings is 2. The number of nitrogens with one attached hydrogen (secondary N) is 1. The molecule has 1 fully saturated rings. The highest BCUT2D eigenvalue weighted by molar-refractivity contribution is 5.88. The molecule has 0 saturated carbocycles. The molecule has 4 aromatic rings. The number of nitrogens with zero attached hydrogens (tertiary/aromatic N) is 6. The van der Waals surface area contributed by atoms with Crippen LogP contribution in [0.25, 0.3) is 11.2 Å². The largest absolute Gasteiger partial charge is 0.497 e. The van der Waals surface area contributed by atoms with Crippen molar-refractivity contribution in [3.63, 3.8) is 0 Å². The predicted molar refractivity (Wildman–Crippen MR) is 159 cm³/mol. The number of imidazole rings is 1. The zero-order chi connectivity index (χ0) is 30.8. The lowest BCUT2D eigenvalue weighted by molar-refractivity contribution is -0.124. The minimum absolute atomic E-state index is 0.149. The molecular weight excluding hydrogens is 570 g/mol. The first-order chi connectivity index (χ1) is 21.4. The number of methoxy groups -OCH3 is 1. The fourth-order valence-electron chi connectivity index (χ4n) is 5.29. The number of hydrogen-bond donors (Lipinski definition) is 3. The highest BCUT2D eigenvalue weighted by atomic mass is 16.7. The van der Waals surface area contributed by atoms with E-state index in [9.17, 15) is 15.0 Å². The van der Waals surface area contributed by atoms with E-state index < -0.39 is 43.0 Å². The highest BCUT2D eigenvalue weighted by Gasteiger charge is 2.46. The number of aliphatic hydroxyl groups excluding tert-OH is 2. The molecule has 5 unspecified atom stereocenters. The van der Waals surface area contributed by atoms with Gasteiger partial charge >= 0.3 is 0 Å². The number of rotatable bonds is 10. The van der Waals surface area contributed by atoms with Crippen LogP contribution in [0.1, 0.15) is 17.4 Å². The maximum absolute atomic E-state index is 13.8. The van der Waals surface area contributed by atoms with Gasteiger partial charge in [0.25, 0.3) is 0 Å². The molecule has 1 saturated heterocycles. The Hall–Kier alpha value is -4.79. The molecule has 44 heavy (non-hydrogen) atoms. The smallest absolute Gasteiger partial charge is 0.245 e. The summed E-state index contributed by atoms with van der Waals surface area (Å²) in [5.74, 6) is 2.09. The molecule has 2 aromatic carbocycles. The first kappa shape index (κ1) is 29.3. The number of fused-ring (bicyclic) bond motifs is 2. The second kappa shape index (κ2) is 12.4. The van der Waals surface area contributed by atoms with E-state index in [1.165, 1.54) is 12.7 Å². The lowest BCUT2D eigenvalue weighted by atomic mass is 10.0. The Morgan fingerprint density at radius 1 is 1.18 bits per heavy atom. The third-order valence-corrected chi connectivity index (χ3v) is 7.59. The Morgan fingerprint density at radius 3 is 2.73 bits per heavy atom. The topological polar surface area (TPSA) is 166 Å². The number of ether oxygens (including phenoxy) is 4. The number of anilines is 1. The first-order valence-corrected chi connectivity index (χ1v) is 14.0. The van der Waals surface area contributed by atoms with E-state index in [4.69, 9.17) is 18.9 Å². The van der Waals surface area contributed by atoms with Crippen molar-refractivity contribution in [2.24, 2.45) is 4.99 Å². The zero-order valence-electron chi connectivity index (χ0n) is 24.4. The maximum Gasteiger partial charge on any atom is 0.245 e. The van der Waals surface area contributed by atoms with Crippen molar-refractivity contribution in [3.05, 3.63) is 66.2 Å². The number of amides is 1. The minimum atomic E-state index is -1.23. The molecule has 2 aromatic heterocycles. The van der Waals surface area contributed by atoms with Gasteiger partial charge in [-0.3, -0.25) is 14.4 Å². The standard InChI is InChI=1S/C30H33N7O7/c1-36(2)27-25-28(33-14-32-27)37(15-34-25)30-26(39)24(23(13-38)44-30)35-29(40)20(10-17-4-7-19(41-3)8-5-17)31-12-18-6-9-21-22(11-18)43-16-42-21/h4-9,11-12,14-15,20,23-24,26,30,38-39H,10,13,16H2,1-3H3,(H,35,40). The molecule has 0 aliphatic carbocycles. The SMILES string of the molecule is COc1ccc(CC(N=Cc2ccc3c(c2)OCO3)C(=O)NC2C(CO)OC(n3cnc4c(N(C)C)ncnc43)C2O)cc1. The number of carbonyl (C=O) groups is 1. The average molecular weight is 604 g/mol. The van der Waals surface area contributed by atoms with Gasteiger partial charge in [-0.2, -0.15) is 0 Å². The van der Waals surface area contributed by atoms with Gasteiger partial charge in [-0.1, -0.05) is 12.1 Å². The van der Waals surface area contributed by atoms with Crippen molar-refractivity contribution in [3.8, 4) is 17.2 Å². The van der Waals surface area contributed by atoms with Crippen LogP contribution >= 0.6 is 0 Å². The molecular formula is C30H33N7O7. The van der Waals surface area contributed by atoms with Crippen molar-refractivity contribution >= 4 is 29.1 Å². The van der Waals surface area contributed by atoms with Crippen molar-refractivity contribution in [2.45, 2.75) is 36.9 Å².